The van der Waals surface area contributed by atoms with E-state index in [4.69, 9.17) is 0 Å². The van der Waals surface area contributed by atoms with Crippen LogP contribution in [-0.2, 0) is 13.0 Å². The lowest BCUT2D eigenvalue weighted by Gasteiger charge is -2.23. The van der Waals surface area contributed by atoms with Gasteiger partial charge in [0, 0.05) is 18.3 Å². The quantitative estimate of drug-likeness (QED) is 0.818. The van der Waals surface area contributed by atoms with Crippen LogP contribution in [0, 0.1) is 13.8 Å². The third kappa shape index (κ3) is 4.21. The zero-order valence-corrected chi connectivity index (χ0v) is 17.4. The molecule has 2 amide bonds. The van der Waals surface area contributed by atoms with E-state index in [2.05, 4.69) is 15.6 Å². The van der Waals surface area contributed by atoms with Gasteiger partial charge < -0.3 is 15.2 Å². The fourth-order valence-electron chi connectivity index (χ4n) is 4.45. The van der Waals surface area contributed by atoms with E-state index in [1.807, 2.05) is 36.6 Å². The number of nitrogens with zero attached hydrogens (tertiary/aromatic N) is 2. The minimum Gasteiger partial charge on any atom is -0.348 e. The van der Waals surface area contributed by atoms with Crippen molar-refractivity contribution in [3.63, 3.8) is 0 Å². The Balaban J connectivity index is 1.59. The van der Waals surface area contributed by atoms with E-state index in [-0.39, 0.29) is 17.9 Å². The van der Waals surface area contributed by atoms with Crippen molar-refractivity contribution in [3.05, 3.63) is 46.5 Å². The van der Waals surface area contributed by atoms with Crippen LogP contribution in [0.1, 0.15) is 82.9 Å². The maximum Gasteiger partial charge on any atom is 0.291 e. The molecule has 2 aliphatic rings. The number of rotatable bonds is 4. The van der Waals surface area contributed by atoms with Gasteiger partial charge in [-0.15, -0.1) is 0 Å². The molecule has 1 aromatic heterocycles. The third-order valence-corrected chi connectivity index (χ3v) is 6.12. The highest BCUT2D eigenvalue weighted by Gasteiger charge is 2.29. The number of aryl methyl sites for hydroxylation is 2. The van der Waals surface area contributed by atoms with Crippen molar-refractivity contribution >= 4 is 17.5 Å². The molecule has 29 heavy (non-hydrogen) atoms. The lowest BCUT2D eigenvalue weighted by molar-refractivity contribution is 0.0921. The number of benzene rings is 1. The summed E-state index contributed by atoms with van der Waals surface area (Å²) in [7, 11) is 0. The number of hydrogen-bond donors (Lipinski definition) is 2. The fraction of sp³-hybridized carbons (Fsp3) is 0.522. The Morgan fingerprint density at radius 1 is 1.03 bits per heavy atom. The number of aromatic nitrogens is 2. The number of imidazole rings is 1. The van der Waals surface area contributed by atoms with Crippen LogP contribution in [0.3, 0.4) is 0 Å². The predicted molar refractivity (Wildman–Crippen MR) is 113 cm³/mol. The number of nitrogens with one attached hydrogen (secondary N) is 2. The molecule has 1 aliphatic carbocycles. The van der Waals surface area contributed by atoms with Crippen LogP contribution in [-0.4, -0.2) is 27.4 Å². The first-order valence-corrected chi connectivity index (χ1v) is 10.8. The second-order valence-electron chi connectivity index (χ2n) is 8.42. The molecule has 0 radical (unpaired) electrons. The van der Waals surface area contributed by atoms with Gasteiger partial charge in [0.2, 0.25) is 0 Å². The molecule has 6 heteroatoms. The highest BCUT2D eigenvalue weighted by Crippen LogP contribution is 2.24. The SMILES string of the molecule is Cc1ccc(C)c(NC(=O)c2nc(C(=O)NC3CCCCC3)c3n2CCCC3)c1. The summed E-state index contributed by atoms with van der Waals surface area (Å²) in [5.41, 5.74) is 4.21. The van der Waals surface area contributed by atoms with E-state index < -0.39 is 0 Å². The van der Waals surface area contributed by atoms with Crippen molar-refractivity contribution in [2.45, 2.75) is 77.8 Å². The molecular weight excluding hydrogens is 364 g/mol. The summed E-state index contributed by atoms with van der Waals surface area (Å²) in [5.74, 6) is -0.0405. The first-order valence-electron chi connectivity index (χ1n) is 10.8. The maximum atomic E-state index is 13.0. The molecule has 0 spiro atoms. The summed E-state index contributed by atoms with van der Waals surface area (Å²) in [6.07, 6.45) is 8.44. The van der Waals surface area contributed by atoms with Crippen molar-refractivity contribution in [2.24, 2.45) is 0 Å². The van der Waals surface area contributed by atoms with Gasteiger partial charge in [0.25, 0.3) is 11.8 Å². The van der Waals surface area contributed by atoms with Gasteiger partial charge in [-0.05, 0) is 63.1 Å². The van der Waals surface area contributed by atoms with Crippen molar-refractivity contribution in [1.82, 2.24) is 14.9 Å². The Kier molecular flexibility index (Phi) is 5.69. The Labute approximate surface area is 172 Å². The van der Waals surface area contributed by atoms with Gasteiger partial charge in [-0.25, -0.2) is 4.98 Å². The van der Waals surface area contributed by atoms with Gasteiger partial charge in [-0.2, -0.15) is 0 Å². The number of carbonyl (C=O) groups is 2. The van der Waals surface area contributed by atoms with E-state index in [0.717, 1.165) is 74.0 Å². The number of amides is 2. The topological polar surface area (TPSA) is 76.0 Å². The molecule has 1 aliphatic heterocycles. The largest absolute Gasteiger partial charge is 0.348 e. The monoisotopic (exact) mass is 394 g/mol. The van der Waals surface area contributed by atoms with E-state index in [9.17, 15) is 9.59 Å². The molecule has 0 unspecified atom stereocenters. The van der Waals surface area contributed by atoms with Crippen LogP contribution < -0.4 is 10.6 Å². The smallest absolute Gasteiger partial charge is 0.291 e. The first-order chi connectivity index (χ1) is 14.0. The van der Waals surface area contributed by atoms with E-state index >= 15 is 0 Å². The normalized spacial score (nSPS) is 16.9. The third-order valence-electron chi connectivity index (χ3n) is 6.12. The first kappa shape index (κ1) is 19.7. The molecule has 1 fully saturated rings. The summed E-state index contributed by atoms with van der Waals surface area (Å²) in [6.45, 7) is 4.70. The molecule has 0 saturated heterocycles. The maximum absolute atomic E-state index is 13.0. The molecule has 154 valence electrons. The summed E-state index contributed by atoms with van der Waals surface area (Å²) < 4.78 is 1.94. The van der Waals surface area contributed by atoms with Crippen LogP contribution in [0.5, 0.6) is 0 Å². The van der Waals surface area contributed by atoms with E-state index in [1.165, 1.54) is 6.42 Å². The summed E-state index contributed by atoms with van der Waals surface area (Å²) >= 11 is 0. The zero-order valence-electron chi connectivity index (χ0n) is 17.4. The van der Waals surface area contributed by atoms with Gasteiger partial charge in [-0.1, -0.05) is 31.4 Å². The van der Waals surface area contributed by atoms with Crippen LogP contribution in [0.4, 0.5) is 5.69 Å². The Bertz CT molecular complexity index is 925. The summed E-state index contributed by atoms with van der Waals surface area (Å²) in [4.78, 5) is 30.6. The predicted octanol–water partition coefficient (Wildman–Crippen LogP) is 4.15. The molecule has 4 rings (SSSR count). The molecule has 0 bridgehead atoms. The van der Waals surface area contributed by atoms with E-state index in [0.29, 0.717) is 11.5 Å². The van der Waals surface area contributed by atoms with Gasteiger partial charge >= 0.3 is 0 Å². The van der Waals surface area contributed by atoms with Crippen LogP contribution >= 0.6 is 0 Å². The zero-order chi connectivity index (χ0) is 20.4. The van der Waals surface area contributed by atoms with Crippen LogP contribution in [0.25, 0.3) is 0 Å². The fourth-order valence-corrected chi connectivity index (χ4v) is 4.45. The second kappa shape index (κ2) is 8.39. The molecular formula is C23H30N4O2. The molecule has 2 aromatic rings. The average molecular weight is 395 g/mol. The lowest BCUT2D eigenvalue weighted by atomic mass is 9.95. The standard InChI is InChI=1S/C23H30N4O2/c1-15-11-12-16(2)18(14-15)25-23(29)21-26-20(19-10-6-7-13-27(19)21)22(28)24-17-8-4-3-5-9-17/h11-12,14,17H,3-10,13H2,1-2H3,(H,24,28)(H,25,29). The average Bonchev–Trinajstić information content (AvgIpc) is 3.11. The van der Waals surface area contributed by atoms with Gasteiger partial charge in [-0.3, -0.25) is 9.59 Å². The Morgan fingerprint density at radius 2 is 1.83 bits per heavy atom. The van der Waals surface area contributed by atoms with Crippen molar-refractivity contribution in [2.75, 3.05) is 5.32 Å². The van der Waals surface area contributed by atoms with Crippen molar-refractivity contribution < 1.29 is 9.59 Å². The molecule has 2 N–H and O–H groups in total. The Hall–Kier alpha value is -2.63. The lowest BCUT2D eigenvalue weighted by Crippen LogP contribution is -2.37. The minimum atomic E-state index is -0.251. The minimum absolute atomic E-state index is 0.131. The van der Waals surface area contributed by atoms with E-state index in [1.54, 1.807) is 0 Å². The van der Waals surface area contributed by atoms with Crippen molar-refractivity contribution in [1.29, 1.82) is 0 Å². The molecule has 1 saturated carbocycles. The highest BCUT2D eigenvalue weighted by molar-refractivity contribution is 6.04. The summed E-state index contributed by atoms with van der Waals surface area (Å²) in [6, 6.07) is 6.21. The summed E-state index contributed by atoms with van der Waals surface area (Å²) in [5, 5.41) is 6.15. The van der Waals surface area contributed by atoms with Crippen LogP contribution in [0.15, 0.2) is 18.2 Å². The molecule has 2 heterocycles. The number of hydrogen-bond acceptors (Lipinski definition) is 3. The Morgan fingerprint density at radius 3 is 2.62 bits per heavy atom. The second-order valence-corrected chi connectivity index (χ2v) is 8.42. The van der Waals surface area contributed by atoms with Crippen LogP contribution in [0.2, 0.25) is 0 Å². The van der Waals surface area contributed by atoms with Gasteiger partial charge in [0.15, 0.2) is 5.82 Å². The molecule has 1 aromatic carbocycles. The number of anilines is 1. The number of carbonyl (C=O) groups excluding carboxylic acids is 2. The molecule has 6 nitrogen and oxygen atoms in total. The van der Waals surface area contributed by atoms with Gasteiger partial charge in [0.05, 0.1) is 5.69 Å². The van der Waals surface area contributed by atoms with Gasteiger partial charge in [0.1, 0.15) is 5.69 Å². The molecule has 0 atom stereocenters. The van der Waals surface area contributed by atoms with Crippen molar-refractivity contribution in [3.8, 4) is 0 Å². The highest BCUT2D eigenvalue weighted by atomic mass is 16.2. The number of fused-ring (bicyclic) bond motifs is 1.